The standard InChI is InChI=1S/C18H23N3O3/c1-12(22)16-8-4-5-9-21(16)17(23)11-19-18(24)15-10-13-6-2-3-7-14(13)20-15/h2-3,6-7,10,12,16,20,22H,4-5,8-9,11H2,1H3,(H,19,24). The van der Waals surface area contributed by atoms with Crippen molar-refractivity contribution in [2.45, 2.75) is 38.3 Å². The summed E-state index contributed by atoms with van der Waals surface area (Å²) in [5, 5.41) is 13.5. The second kappa shape index (κ2) is 7.05. The maximum Gasteiger partial charge on any atom is 0.268 e. The van der Waals surface area contributed by atoms with Crippen LogP contribution in [0.5, 0.6) is 0 Å². The van der Waals surface area contributed by atoms with Crippen LogP contribution in [0, 0.1) is 0 Å². The van der Waals surface area contributed by atoms with E-state index in [9.17, 15) is 14.7 Å². The number of nitrogens with zero attached hydrogens (tertiary/aromatic N) is 1. The van der Waals surface area contributed by atoms with Gasteiger partial charge in [0.2, 0.25) is 5.91 Å². The van der Waals surface area contributed by atoms with Crippen LogP contribution in [-0.2, 0) is 4.79 Å². The molecule has 6 heteroatoms. The van der Waals surface area contributed by atoms with Gasteiger partial charge < -0.3 is 20.3 Å². The maximum absolute atomic E-state index is 12.4. The van der Waals surface area contributed by atoms with Gasteiger partial charge in [-0.1, -0.05) is 18.2 Å². The van der Waals surface area contributed by atoms with E-state index in [-0.39, 0.29) is 24.4 Å². The van der Waals surface area contributed by atoms with Crippen LogP contribution in [-0.4, -0.2) is 52.0 Å². The highest BCUT2D eigenvalue weighted by Crippen LogP contribution is 2.20. The summed E-state index contributed by atoms with van der Waals surface area (Å²) in [5.74, 6) is -0.449. The van der Waals surface area contributed by atoms with Crippen molar-refractivity contribution < 1.29 is 14.7 Å². The zero-order valence-corrected chi connectivity index (χ0v) is 13.8. The summed E-state index contributed by atoms with van der Waals surface area (Å²) in [6.07, 6.45) is 2.20. The van der Waals surface area contributed by atoms with Crippen LogP contribution in [0.2, 0.25) is 0 Å². The van der Waals surface area contributed by atoms with E-state index >= 15 is 0 Å². The van der Waals surface area contributed by atoms with Gasteiger partial charge >= 0.3 is 0 Å². The molecule has 128 valence electrons. The van der Waals surface area contributed by atoms with E-state index < -0.39 is 6.10 Å². The summed E-state index contributed by atoms with van der Waals surface area (Å²) in [4.78, 5) is 29.4. The summed E-state index contributed by atoms with van der Waals surface area (Å²) in [7, 11) is 0. The van der Waals surface area contributed by atoms with Crippen LogP contribution in [0.3, 0.4) is 0 Å². The Bertz CT molecular complexity index is 705. The van der Waals surface area contributed by atoms with Crippen LogP contribution in [0.25, 0.3) is 10.9 Å². The number of nitrogens with one attached hydrogen (secondary N) is 2. The lowest BCUT2D eigenvalue weighted by Gasteiger charge is -2.37. The molecule has 0 aliphatic carbocycles. The minimum atomic E-state index is -0.557. The molecule has 2 atom stereocenters. The van der Waals surface area contributed by atoms with E-state index in [1.807, 2.05) is 24.3 Å². The second-order valence-electron chi connectivity index (χ2n) is 6.34. The Kier molecular flexibility index (Phi) is 4.85. The first kappa shape index (κ1) is 16.5. The zero-order valence-electron chi connectivity index (χ0n) is 13.8. The van der Waals surface area contributed by atoms with Crippen molar-refractivity contribution in [2.24, 2.45) is 0 Å². The highest BCUT2D eigenvalue weighted by molar-refractivity contribution is 5.99. The van der Waals surface area contributed by atoms with Crippen LogP contribution in [0.1, 0.15) is 36.7 Å². The molecular formula is C18H23N3O3. The number of para-hydroxylation sites is 1. The normalized spacial score (nSPS) is 19.2. The highest BCUT2D eigenvalue weighted by Gasteiger charge is 2.29. The van der Waals surface area contributed by atoms with Crippen molar-refractivity contribution in [3.63, 3.8) is 0 Å². The molecule has 2 aromatic rings. The van der Waals surface area contributed by atoms with E-state index in [1.54, 1.807) is 17.9 Å². The number of aliphatic hydroxyl groups excluding tert-OH is 1. The predicted octanol–water partition coefficient (Wildman–Crippen LogP) is 1.66. The van der Waals surface area contributed by atoms with Gasteiger partial charge in [-0.05, 0) is 38.3 Å². The third-order valence-electron chi connectivity index (χ3n) is 4.60. The molecule has 6 nitrogen and oxygen atoms in total. The molecule has 3 rings (SSSR count). The van der Waals surface area contributed by atoms with E-state index in [0.717, 1.165) is 30.2 Å². The molecule has 2 unspecified atom stereocenters. The molecule has 2 amide bonds. The summed E-state index contributed by atoms with van der Waals surface area (Å²) < 4.78 is 0. The SMILES string of the molecule is CC(O)C1CCCCN1C(=O)CNC(=O)c1cc2ccccc2[nH]1. The van der Waals surface area contributed by atoms with Gasteiger partial charge in [0.15, 0.2) is 0 Å². The van der Waals surface area contributed by atoms with Gasteiger partial charge in [-0.3, -0.25) is 9.59 Å². The molecule has 0 bridgehead atoms. The van der Waals surface area contributed by atoms with Gasteiger partial charge in [0, 0.05) is 17.4 Å². The Labute approximate surface area is 140 Å². The monoisotopic (exact) mass is 329 g/mol. The number of carbonyl (C=O) groups excluding carboxylic acids is 2. The summed E-state index contributed by atoms with van der Waals surface area (Å²) in [6, 6.07) is 9.25. The van der Waals surface area contributed by atoms with Crippen molar-refractivity contribution in [3.8, 4) is 0 Å². The lowest BCUT2D eigenvalue weighted by molar-refractivity contribution is -0.136. The molecule has 24 heavy (non-hydrogen) atoms. The molecule has 0 saturated carbocycles. The Balaban J connectivity index is 1.61. The van der Waals surface area contributed by atoms with Crippen molar-refractivity contribution in [3.05, 3.63) is 36.0 Å². The number of benzene rings is 1. The number of aliphatic hydroxyl groups is 1. The second-order valence-corrected chi connectivity index (χ2v) is 6.34. The molecule has 3 N–H and O–H groups in total. The van der Waals surface area contributed by atoms with E-state index in [4.69, 9.17) is 0 Å². The molecule has 1 aromatic heterocycles. The molecule has 0 spiro atoms. The van der Waals surface area contributed by atoms with Crippen LogP contribution in [0.15, 0.2) is 30.3 Å². The fraction of sp³-hybridized carbons (Fsp3) is 0.444. The number of carbonyl (C=O) groups is 2. The Hall–Kier alpha value is -2.34. The first-order valence-corrected chi connectivity index (χ1v) is 8.40. The molecule has 1 saturated heterocycles. The summed E-state index contributed by atoms with van der Waals surface area (Å²) in [6.45, 7) is 2.29. The smallest absolute Gasteiger partial charge is 0.268 e. The van der Waals surface area contributed by atoms with Gasteiger partial charge in [-0.15, -0.1) is 0 Å². The average molecular weight is 329 g/mol. The number of rotatable bonds is 4. The number of aromatic amines is 1. The molecular weight excluding hydrogens is 306 g/mol. The van der Waals surface area contributed by atoms with Crippen LogP contribution >= 0.6 is 0 Å². The van der Waals surface area contributed by atoms with Gasteiger partial charge in [0.1, 0.15) is 5.69 Å². The number of H-pyrrole nitrogens is 1. The third-order valence-corrected chi connectivity index (χ3v) is 4.60. The van der Waals surface area contributed by atoms with Crippen molar-refractivity contribution in [1.29, 1.82) is 0 Å². The topological polar surface area (TPSA) is 85.4 Å². The van der Waals surface area contributed by atoms with Crippen molar-refractivity contribution in [2.75, 3.05) is 13.1 Å². The number of piperidine rings is 1. The lowest BCUT2D eigenvalue weighted by atomic mass is 9.98. The Morgan fingerprint density at radius 3 is 2.92 bits per heavy atom. The zero-order chi connectivity index (χ0) is 17.1. The number of likely N-dealkylation sites (tertiary alicyclic amines) is 1. The van der Waals surface area contributed by atoms with Gasteiger partial charge in [0.25, 0.3) is 5.91 Å². The van der Waals surface area contributed by atoms with Crippen LogP contribution in [0.4, 0.5) is 0 Å². The molecule has 1 aliphatic rings. The largest absolute Gasteiger partial charge is 0.391 e. The van der Waals surface area contributed by atoms with E-state index in [0.29, 0.717) is 12.2 Å². The quantitative estimate of drug-likeness (QED) is 0.797. The van der Waals surface area contributed by atoms with Crippen molar-refractivity contribution in [1.82, 2.24) is 15.2 Å². The molecule has 2 heterocycles. The molecule has 1 aromatic carbocycles. The molecule has 0 radical (unpaired) electrons. The first-order valence-electron chi connectivity index (χ1n) is 8.40. The minimum absolute atomic E-state index is 0.0581. The van der Waals surface area contributed by atoms with Crippen molar-refractivity contribution >= 4 is 22.7 Å². The number of amides is 2. The van der Waals surface area contributed by atoms with Gasteiger partial charge in [-0.25, -0.2) is 0 Å². The Morgan fingerprint density at radius 2 is 2.17 bits per heavy atom. The lowest BCUT2D eigenvalue weighted by Crippen LogP contribution is -2.51. The van der Waals surface area contributed by atoms with E-state index in [2.05, 4.69) is 10.3 Å². The number of hydrogen-bond donors (Lipinski definition) is 3. The molecule has 1 aliphatic heterocycles. The summed E-state index contributed by atoms with van der Waals surface area (Å²) in [5.41, 5.74) is 1.33. The Morgan fingerprint density at radius 1 is 1.38 bits per heavy atom. The molecule has 1 fully saturated rings. The van der Waals surface area contributed by atoms with Gasteiger partial charge in [-0.2, -0.15) is 0 Å². The van der Waals surface area contributed by atoms with E-state index in [1.165, 1.54) is 0 Å². The third kappa shape index (κ3) is 3.43. The highest BCUT2D eigenvalue weighted by atomic mass is 16.3. The maximum atomic E-state index is 12.4. The van der Waals surface area contributed by atoms with Crippen LogP contribution < -0.4 is 5.32 Å². The first-order chi connectivity index (χ1) is 11.6. The number of hydrogen-bond acceptors (Lipinski definition) is 3. The van der Waals surface area contributed by atoms with Gasteiger partial charge in [0.05, 0.1) is 18.7 Å². The fourth-order valence-electron chi connectivity index (χ4n) is 3.32. The average Bonchev–Trinajstić information content (AvgIpc) is 3.03. The summed E-state index contributed by atoms with van der Waals surface area (Å²) >= 11 is 0. The predicted molar refractivity (Wildman–Crippen MR) is 91.7 cm³/mol. The minimum Gasteiger partial charge on any atom is -0.391 e. The number of fused-ring (bicyclic) bond motifs is 1. The fourth-order valence-corrected chi connectivity index (χ4v) is 3.32. The number of aromatic nitrogens is 1.